The second-order valence-electron chi connectivity index (χ2n) is 4.49. The monoisotopic (exact) mass is 256 g/mol. The van der Waals surface area contributed by atoms with Crippen LogP contribution in [0.25, 0.3) is 0 Å². The molecule has 0 saturated heterocycles. The van der Waals surface area contributed by atoms with Crippen molar-refractivity contribution in [2.45, 2.75) is 19.3 Å². The predicted octanol–water partition coefficient (Wildman–Crippen LogP) is 4.25. The number of benzene rings is 2. The van der Waals surface area contributed by atoms with Gasteiger partial charge < -0.3 is 9.47 Å². The van der Waals surface area contributed by atoms with Crippen molar-refractivity contribution >= 4 is 0 Å². The number of hydrogen-bond donors (Lipinski definition) is 0. The van der Waals surface area contributed by atoms with E-state index in [9.17, 15) is 0 Å². The van der Waals surface area contributed by atoms with Crippen LogP contribution in [0.5, 0.6) is 11.5 Å². The van der Waals surface area contributed by atoms with E-state index in [1.807, 2.05) is 12.1 Å². The van der Waals surface area contributed by atoms with Crippen LogP contribution >= 0.6 is 0 Å². The van der Waals surface area contributed by atoms with E-state index >= 15 is 0 Å². The third-order valence-electron chi connectivity index (χ3n) is 3.42. The summed E-state index contributed by atoms with van der Waals surface area (Å²) in [5.74, 6) is 1.95. The van der Waals surface area contributed by atoms with Gasteiger partial charge in [0.1, 0.15) is 0 Å². The van der Waals surface area contributed by atoms with Gasteiger partial charge >= 0.3 is 0 Å². The predicted molar refractivity (Wildman–Crippen MR) is 78.1 cm³/mol. The SMILES string of the molecule is CCC(c1ccccc1)c1ccc(OC)c(OC)c1. The third-order valence-corrected chi connectivity index (χ3v) is 3.42. The molecule has 1 unspecified atom stereocenters. The summed E-state index contributed by atoms with van der Waals surface area (Å²) in [6, 6.07) is 16.7. The number of rotatable bonds is 5. The van der Waals surface area contributed by atoms with E-state index in [4.69, 9.17) is 9.47 Å². The molecule has 0 bridgehead atoms. The quantitative estimate of drug-likeness (QED) is 0.796. The van der Waals surface area contributed by atoms with Crippen molar-refractivity contribution in [3.63, 3.8) is 0 Å². The van der Waals surface area contributed by atoms with E-state index in [0.717, 1.165) is 17.9 Å². The minimum Gasteiger partial charge on any atom is -0.493 e. The molecule has 0 spiro atoms. The Hall–Kier alpha value is -1.96. The molecule has 2 rings (SSSR count). The lowest BCUT2D eigenvalue weighted by atomic mass is 9.89. The molecule has 0 fully saturated rings. The zero-order valence-electron chi connectivity index (χ0n) is 11.7. The highest BCUT2D eigenvalue weighted by Gasteiger charge is 2.14. The molecule has 0 heterocycles. The van der Waals surface area contributed by atoms with E-state index in [1.54, 1.807) is 14.2 Å². The second kappa shape index (κ2) is 6.28. The van der Waals surface area contributed by atoms with E-state index in [-0.39, 0.29) is 0 Å². The van der Waals surface area contributed by atoms with Crippen molar-refractivity contribution < 1.29 is 9.47 Å². The van der Waals surface area contributed by atoms with Crippen LogP contribution < -0.4 is 9.47 Å². The van der Waals surface area contributed by atoms with Crippen molar-refractivity contribution in [2.75, 3.05) is 14.2 Å². The van der Waals surface area contributed by atoms with Gasteiger partial charge in [-0.1, -0.05) is 43.3 Å². The maximum atomic E-state index is 5.38. The zero-order valence-corrected chi connectivity index (χ0v) is 11.7. The van der Waals surface area contributed by atoms with Crippen LogP contribution in [0, 0.1) is 0 Å². The molecule has 0 aliphatic carbocycles. The molecule has 0 radical (unpaired) electrons. The standard InChI is InChI=1S/C17H20O2/c1-4-15(13-8-6-5-7-9-13)14-10-11-16(18-2)17(12-14)19-3/h5-12,15H,4H2,1-3H3. The molecule has 0 N–H and O–H groups in total. The average molecular weight is 256 g/mol. The van der Waals surface area contributed by atoms with Gasteiger partial charge in [0.25, 0.3) is 0 Å². The van der Waals surface area contributed by atoms with Crippen molar-refractivity contribution in [3.05, 3.63) is 59.7 Å². The first-order valence-corrected chi connectivity index (χ1v) is 6.57. The Labute approximate surface area is 115 Å². The van der Waals surface area contributed by atoms with Crippen LogP contribution in [-0.2, 0) is 0 Å². The number of hydrogen-bond acceptors (Lipinski definition) is 2. The van der Waals surface area contributed by atoms with Crippen molar-refractivity contribution in [1.29, 1.82) is 0 Å². The Kier molecular flexibility index (Phi) is 4.45. The van der Waals surface area contributed by atoms with E-state index in [2.05, 4.69) is 43.3 Å². The molecule has 0 aliphatic heterocycles. The largest absolute Gasteiger partial charge is 0.493 e. The second-order valence-corrected chi connectivity index (χ2v) is 4.49. The summed E-state index contributed by atoms with van der Waals surface area (Å²) in [5.41, 5.74) is 2.59. The first-order valence-electron chi connectivity index (χ1n) is 6.57. The number of ether oxygens (including phenoxy) is 2. The fourth-order valence-corrected chi connectivity index (χ4v) is 2.42. The minimum atomic E-state index is 0.390. The van der Waals surface area contributed by atoms with Gasteiger partial charge in [0.2, 0.25) is 0 Å². The van der Waals surface area contributed by atoms with Crippen LogP contribution in [0.3, 0.4) is 0 Å². The Morgan fingerprint density at radius 2 is 1.53 bits per heavy atom. The van der Waals surface area contributed by atoms with Crippen molar-refractivity contribution in [3.8, 4) is 11.5 Å². The van der Waals surface area contributed by atoms with Gasteiger partial charge in [0.05, 0.1) is 14.2 Å². The number of methoxy groups -OCH3 is 2. The van der Waals surface area contributed by atoms with Gasteiger partial charge in [-0.05, 0) is 29.7 Å². The van der Waals surface area contributed by atoms with Gasteiger partial charge in [-0.25, -0.2) is 0 Å². The normalized spacial score (nSPS) is 11.9. The van der Waals surface area contributed by atoms with E-state index < -0.39 is 0 Å². The lowest BCUT2D eigenvalue weighted by molar-refractivity contribution is 0.354. The minimum absolute atomic E-state index is 0.390. The molecule has 100 valence electrons. The van der Waals surface area contributed by atoms with E-state index in [0.29, 0.717) is 5.92 Å². The molecule has 2 aromatic carbocycles. The summed E-state index contributed by atoms with van der Waals surface area (Å²) < 4.78 is 10.7. The maximum Gasteiger partial charge on any atom is 0.161 e. The zero-order chi connectivity index (χ0) is 13.7. The van der Waals surface area contributed by atoms with Crippen LogP contribution in [0.4, 0.5) is 0 Å². The molecule has 2 nitrogen and oxygen atoms in total. The Morgan fingerprint density at radius 1 is 0.842 bits per heavy atom. The van der Waals surface area contributed by atoms with Gasteiger partial charge in [0, 0.05) is 5.92 Å². The molecule has 2 heteroatoms. The average Bonchev–Trinajstić information content (AvgIpc) is 2.49. The lowest BCUT2D eigenvalue weighted by Gasteiger charge is -2.18. The van der Waals surface area contributed by atoms with Gasteiger partial charge in [-0.3, -0.25) is 0 Å². The Bertz CT molecular complexity index is 520. The first-order chi connectivity index (χ1) is 9.30. The highest BCUT2D eigenvalue weighted by Crippen LogP contribution is 2.34. The molecular formula is C17H20O2. The van der Waals surface area contributed by atoms with Crippen LogP contribution in [0.15, 0.2) is 48.5 Å². The highest BCUT2D eigenvalue weighted by molar-refractivity contribution is 5.46. The molecule has 0 aromatic heterocycles. The Morgan fingerprint density at radius 3 is 2.11 bits per heavy atom. The summed E-state index contributed by atoms with van der Waals surface area (Å²) in [6.45, 7) is 2.20. The smallest absolute Gasteiger partial charge is 0.161 e. The summed E-state index contributed by atoms with van der Waals surface area (Å²) >= 11 is 0. The molecule has 0 amide bonds. The molecule has 0 aliphatic rings. The molecule has 19 heavy (non-hydrogen) atoms. The summed E-state index contributed by atoms with van der Waals surface area (Å²) in [6.07, 6.45) is 1.06. The molecule has 1 atom stereocenters. The summed E-state index contributed by atoms with van der Waals surface area (Å²) in [5, 5.41) is 0. The maximum absolute atomic E-state index is 5.38. The third kappa shape index (κ3) is 2.90. The molecule has 2 aromatic rings. The summed E-state index contributed by atoms with van der Waals surface area (Å²) in [4.78, 5) is 0. The molecular weight excluding hydrogens is 236 g/mol. The van der Waals surface area contributed by atoms with Crippen molar-refractivity contribution in [1.82, 2.24) is 0 Å². The van der Waals surface area contributed by atoms with Gasteiger partial charge in [-0.2, -0.15) is 0 Å². The fourth-order valence-electron chi connectivity index (χ4n) is 2.42. The fraction of sp³-hybridized carbons (Fsp3) is 0.294. The lowest BCUT2D eigenvalue weighted by Crippen LogP contribution is -2.01. The topological polar surface area (TPSA) is 18.5 Å². The van der Waals surface area contributed by atoms with Gasteiger partial charge in [-0.15, -0.1) is 0 Å². The first kappa shape index (κ1) is 13.5. The summed E-state index contributed by atoms with van der Waals surface area (Å²) in [7, 11) is 3.33. The molecule has 0 saturated carbocycles. The van der Waals surface area contributed by atoms with E-state index in [1.165, 1.54) is 11.1 Å². The van der Waals surface area contributed by atoms with Crippen LogP contribution in [0.2, 0.25) is 0 Å². The van der Waals surface area contributed by atoms with Gasteiger partial charge in [0.15, 0.2) is 11.5 Å². The van der Waals surface area contributed by atoms with Crippen LogP contribution in [-0.4, -0.2) is 14.2 Å². The Balaban J connectivity index is 2.39. The highest BCUT2D eigenvalue weighted by atomic mass is 16.5. The van der Waals surface area contributed by atoms with Crippen molar-refractivity contribution in [2.24, 2.45) is 0 Å². The van der Waals surface area contributed by atoms with Crippen LogP contribution in [0.1, 0.15) is 30.4 Å².